The second-order valence-electron chi connectivity index (χ2n) is 2.31. The van der Waals surface area contributed by atoms with Crippen LogP contribution in [0.2, 0.25) is 0 Å². The van der Waals surface area contributed by atoms with E-state index in [-0.39, 0.29) is 6.61 Å². The normalized spacial score (nSPS) is 10.5. The average molecular weight is 187 g/mol. The zero-order valence-electron chi connectivity index (χ0n) is 7.94. The van der Waals surface area contributed by atoms with Crippen molar-refractivity contribution in [2.24, 2.45) is 0 Å². The van der Waals surface area contributed by atoms with Gasteiger partial charge in [0.05, 0.1) is 6.61 Å². The van der Waals surface area contributed by atoms with E-state index in [1.165, 1.54) is 5.06 Å². The lowest BCUT2D eigenvalue weighted by molar-refractivity contribution is -0.171. The monoisotopic (exact) mass is 187 g/mol. The highest BCUT2D eigenvalue weighted by molar-refractivity contribution is 5.91. The van der Waals surface area contributed by atoms with Crippen LogP contribution in [0.3, 0.4) is 0 Å². The summed E-state index contributed by atoms with van der Waals surface area (Å²) in [5, 5.41) is 1.23. The van der Waals surface area contributed by atoms with Crippen LogP contribution in [0.25, 0.3) is 0 Å². The maximum Gasteiger partial charge on any atom is 0.349 e. The van der Waals surface area contributed by atoms with E-state index in [9.17, 15) is 9.59 Å². The number of rotatable bonds is 4. The van der Waals surface area contributed by atoms with Crippen LogP contribution in [-0.2, 0) is 19.2 Å². The van der Waals surface area contributed by atoms with Gasteiger partial charge in [-0.3, -0.25) is 0 Å². The lowest BCUT2D eigenvalue weighted by Crippen LogP contribution is -2.17. The van der Waals surface area contributed by atoms with Gasteiger partial charge in [0.2, 0.25) is 0 Å². The van der Waals surface area contributed by atoms with Crippen molar-refractivity contribution in [3.63, 3.8) is 0 Å². The zero-order valence-corrected chi connectivity index (χ0v) is 7.94. The molecule has 0 aromatic heterocycles. The van der Waals surface area contributed by atoms with Crippen LogP contribution in [-0.4, -0.2) is 37.7 Å². The molecule has 0 aromatic rings. The van der Waals surface area contributed by atoms with Gasteiger partial charge in [-0.2, -0.15) is 0 Å². The van der Waals surface area contributed by atoms with Crippen LogP contribution in [0.4, 0.5) is 0 Å². The molecule has 0 heterocycles. The number of hydroxylamine groups is 2. The van der Waals surface area contributed by atoms with Crippen LogP contribution in [0.5, 0.6) is 0 Å². The van der Waals surface area contributed by atoms with Gasteiger partial charge >= 0.3 is 11.9 Å². The number of carbonyl (C=O) groups excluding carboxylic acids is 2. The standard InChI is InChI=1S/C8H13NO4/c1-4-12-7(10)5-6-8(11)13-9(2)3/h5-6H,4H2,1-3H3/b6-5-. The molecule has 5 heteroatoms. The average Bonchev–Trinajstić information content (AvgIpc) is 2.00. The summed E-state index contributed by atoms with van der Waals surface area (Å²) in [6.07, 6.45) is 2.04. The van der Waals surface area contributed by atoms with Gasteiger partial charge in [-0.1, -0.05) is 0 Å². The Hall–Kier alpha value is -1.36. The van der Waals surface area contributed by atoms with E-state index in [1.54, 1.807) is 21.0 Å². The van der Waals surface area contributed by atoms with Crippen LogP contribution in [0, 0.1) is 0 Å². The Kier molecular flexibility index (Phi) is 5.54. The van der Waals surface area contributed by atoms with Crippen molar-refractivity contribution >= 4 is 11.9 Å². The van der Waals surface area contributed by atoms with E-state index < -0.39 is 11.9 Å². The van der Waals surface area contributed by atoms with Gasteiger partial charge in [0.15, 0.2) is 0 Å². The van der Waals surface area contributed by atoms with Crippen LogP contribution < -0.4 is 0 Å². The minimum absolute atomic E-state index is 0.284. The molecule has 0 fully saturated rings. The molecular formula is C8H13NO4. The second-order valence-corrected chi connectivity index (χ2v) is 2.31. The van der Waals surface area contributed by atoms with Crippen LogP contribution >= 0.6 is 0 Å². The van der Waals surface area contributed by atoms with Gasteiger partial charge in [-0.25, -0.2) is 9.59 Å². The molecule has 74 valence electrons. The van der Waals surface area contributed by atoms with Gasteiger partial charge in [0, 0.05) is 26.2 Å². The second kappa shape index (κ2) is 6.19. The number of carbonyl (C=O) groups is 2. The number of esters is 1. The molecule has 0 radical (unpaired) electrons. The summed E-state index contributed by atoms with van der Waals surface area (Å²) in [6, 6.07) is 0. The number of hydrogen-bond acceptors (Lipinski definition) is 5. The van der Waals surface area contributed by atoms with Gasteiger partial charge in [0.1, 0.15) is 0 Å². The van der Waals surface area contributed by atoms with E-state index in [1.807, 2.05) is 0 Å². The largest absolute Gasteiger partial charge is 0.463 e. The summed E-state index contributed by atoms with van der Waals surface area (Å²) in [6.45, 7) is 1.97. The van der Waals surface area contributed by atoms with E-state index in [4.69, 9.17) is 0 Å². The molecule has 5 nitrogen and oxygen atoms in total. The van der Waals surface area contributed by atoms with Gasteiger partial charge in [-0.05, 0) is 6.92 Å². The Morgan fingerprint density at radius 1 is 1.23 bits per heavy atom. The predicted octanol–water partition coefficient (Wildman–Crippen LogP) is 0.125. The van der Waals surface area contributed by atoms with E-state index in [0.717, 1.165) is 12.2 Å². The van der Waals surface area contributed by atoms with Gasteiger partial charge in [0.25, 0.3) is 0 Å². The van der Waals surface area contributed by atoms with E-state index in [0.29, 0.717) is 0 Å². The minimum Gasteiger partial charge on any atom is -0.463 e. The predicted molar refractivity (Wildman–Crippen MR) is 45.6 cm³/mol. The summed E-state index contributed by atoms with van der Waals surface area (Å²) in [4.78, 5) is 26.1. The third kappa shape index (κ3) is 7.02. The molecular weight excluding hydrogens is 174 g/mol. The summed E-state index contributed by atoms with van der Waals surface area (Å²) in [5.74, 6) is -1.17. The molecule has 0 spiro atoms. The maximum absolute atomic E-state index is 10.8. The smallest absolute Gasteiger partial charge is 0.349 e. The van der Waals surface area contributed by atoms with Gasteiger partial charge < -0.3 is 9.57 Å². The lowest BCUT2D eigenvalue weighted by atomic mass is 10.5. The fourth-order valence-electron chi connectivity index (χ4n) is 0.537. The molecule has 0 aromatic carbocycles. The summed E-state index contributed by atoms with van der Waals surface area (Å²) >= 11 is 0. The third-order valence-electron chi connectivity index (χ3n) is 0.915. The van der Waals surface area contributed by atoms with Crippen molar-refractivity contribution in [1.29, 1.82) is 0 Å². The number of hydrogen-bond donors (Lipinski definition) is 0. The van der Waals surface area contributed by atoms with Crippen molar-refractivity contribution in [3.8, 4) is 0 Å². The molecule has 13 heavy (non-hydrogen) atoms. The Morgan fingerprint density at radius 3 is 2.23 bits per heavy atom. The summed E-state index contributed by atoms with van der Waals surface area (Å²) in [5.41, 5.74) is 0. The number of nitrogens with zero attached hydrogens (tertiary/aromatic N) is 1. The molecule has 0 aliphatic carbocycles. The van der Waals surface area contributed by atoms with E-state index in [2.05, 4.69) is 9.57 Å². The Balaban J connectivity index is 3.83. The first-order valence-corrected chi connectivity index (χ1v) is 3.80. The summed E-state index contributed by atoms with van der Waals surface area (Å²) in [7, 11) is 3.13. The van der Waals surface area contributed by atoms with Crippen molar-refractivity contribution in [3.05, 3.63) is 12.2 Å². The summed E-state index contributed by atoms with van der Waals surface area (Å²) < 4.78 is 4.55. The quantitative estimate of drug-likeness (QED) is 0.355. The highest BCUT2D eigenvalue weighted by Gasteiger charge is 2.00. The first-order chi connectivity index (χ1) is 6.06. The van der Waals surface area contributed by atoms with Gasteiger partial charge in [-0.15, -0.1) is 5.06 Å². The fourth-order valence-corrected chi connectivity index (χ4v) is 0.537. The first-order valence-electron chi connectivity index (χ1n) is 3.80. The molecule has 0 unspecified atom stereocenters. The van der Waals surface area contributed by atoms with Crippen molar-refractivity contribution in [2.75, 3.05) is 20.7 Å². The van der Waals surface area contributed by atoms with Crippen molar-refractivity contribution in [2.45, 2.75) is 6.92 Å². The van der Waals surface area contributed by atoms with Crippen LogP contribution in [0.1, 0.15) is 6.92 Å². The number of ether oxygens (including phenoxy) is 1. The first kappa shape index (κ1) is 11.6. The molecule has 0 saturated heterocycles. The fraction of sp³-hybridized carbons (Fsp3) is 0.500. The van der Waals surface area contributed by atoms with E-state index >= 15 is 0 Å². The zero-order chi connectivity index (χ0) is 10.3. The Bertz CT molecular complexity index is 210. The highest BCUT2D eigenvalue weighted by Crippen LogP contribution is 1.86. The molecule has 0 rings (SSSR count). The maximum atomic E-state index is 10.8. The minimum atomic E-state index is -0.613. The molecule has 0 N–H and O–H groups in total. The highest BCUT2D eigenvalue weighted by atomic mass is 16.7. The van der Waals surface area contributed by atoms with Crippen molar-refractivity contribution < 1.29 is 19.2 Å². The third-order valence-corrected chi connectivity index (χ3v) is 0.915. The molecule has 0 amide bonds. The molecule has 0 saturated carbocycles. The topological polar surface area (TPSA) is 55.8 Å². The Labute approximate surface area is 76.9 Å². The molecule has 0 aliphatic rings. The molecule has 0 bridgehead atoms. The van der Waals surface area contributed by atoms with Crippen molar-refractivity contribution in [1.82, 2.24) is 5.06 Å². The van der Waals surface area contributed by atoms with Crippen LogP contribution in [0.15, 0.2) is 12.2 Å². The Morgan fingerprint density at radius 2 is 1.77 bits per heavy atom. The SMILES string of the molecule is CCOC(=O)/C=C\C(=O)ON(C)C. The lowest BCUT2D eigenvalue weighted by Gasteiger charge is -2.06. The molecule has 0 aliphatic heterocycles. The molecule has 0 atom stereocenters.